The van der Waals surface area contributed by atoms with Gasteiger partial charge in [-0.05, 0) is 31.3 Å². The summed E-state index contributed by atoms with van der Waals surface area (Å²) in [5, 5.41) is 1.00. The molecule has 4 aromatic rings. The highest BCUT2D eigenvalue weighted by atomic mass is 32.1. The van der Waals surface area contributed by atoms with E-state index in [0.29, 0.717) is 22.4 Å². The summed E-state index contributed by atoms with van der Waals surface area (Å²) in [4.78, 5) is 34.6. The number of ether oxygens (including phenoxy) is 1. The van der Waals surface area contributed by atoms with Crippen molar-refractivity contribution in [3.05, 3.63) is 89.5 Å². The number of hydrogen-bond acceptors (Lipinski definition) is 7. The molecule has 0 N–H and O–H groups in total. The molecule has 6 nitrogen and oxygen atoms in total. The lowest BCUT2D eigenvalue weighted by Gasteiger charge is -2.31. The normalized spacial score (nSPS) is 14.4. The predicted molar refractivity (Wildman–Crippen MR) is 131 cm³/mol. The number of carbonyl (C=O) groups excluding carboxylic acids is 2. The van der Waals surface area contributed by atoms with Gasteiger partial charge in [0.25, 0.3) is 0 Å². The Morgan fingerprint density at radius 3 is 2.24 bits per heavy atom. The Hall–Kier alpha value is -3.55. The summed E-state index contributed by atoms with van der Waals surface area (Å²) in [6.45, 7) is 3.96. The highest BCUT2D eigenvalue weighted by Crippen LogP contribution is 2.32. The summed E-state index contributed by atoms with van der Waals surface area (Å²) in [6, 6.07) is 21.1. The van der Waals surface area contributed by atoms with Crippen molar-refractivity contribution in [3.8, 4) is 5.75 Å². The summed E-state index contributed by atoms with van der Waals surface area (Å²) < 4.78 is 6.58. The molecule has 7 heteroatoms. The number of piperazine rings is 1. The zero-order valence-electron chi connectivity index (χ0n) is 18.2. The second-order valence-corrected chi connectivity index (χ2v) is 9.09. The number of esters is 1. The number of carbonyl (C=O) groups is 2. The molecule has 166 valence electrons. The van der Waals surface area contributed by atoms with E-state index in [-0.39, 0.29) is 5.78 Å². The number of nitrogens with zero attached hydrogens (tertiary/aromatic N) is 3. The average Bonchev–Trinajstić information content (AvgIpc) is 3.28. The summed E-state index contributed by atoms with van der Waals surface area (Å²) in [7, 11) is 2.13. The van der Waals surface area contributed by atoms with Crippen molar-refractivity contribution in [2.45, 2.75) is 0 Å². The third kappa shape index (κ3) is 4.65. The van der Waals surface area contributed by atoms with Crippen LogP contribution in [0.1, 0.15) is 26.3 Å². The van der Waals surface area contributed by atoms with Gasteiger partial charge in [-0.3, -0.25) is 4.79 Å². The number of rotatable bonds is 5. The van der Waals surface area contributed by atoms with Crippen LogP contribution < -0.4 is 9.64 Å². The molecule has 5 rings (SSSR count). The summed E-state index contributed by atoms with van der Waals surface area (Å²) in [5.41, 5.74) is 2.43. The van der Waals surface area contributed by atoms with Gasteiger partial charge in [-0.25, -0.2) is 9.78 Å². The van der Waals surface area contributed by atoms with Crippen molar-refractivity contribution in [3.63, 3.8) is 0 Å². The maximum Gasteiger partial charge on any atom is 0.343 e. The lowest BCUT2D eigenvalue weighted by molar-refractivity contribution is 0.0734. The zero-order valence-corrected chi connectivity index (χ0v) is 19.0. The monoisotopic (exact) mass is 457 g/mol. The minimum atomic E-state index is -0.461. The van der Waals surface area contributed by atoms with Gasteiger partial charge in [-0.1, -0.05) is 53.8 Å². The maximum atomic E-state index is 12.7. The molecule has 0 aliphatic carbocycles. The standard InChI is InChI=1S/C26H23N3O3S/c1-28-13-15-29(16-14-28)26-27-22-12-11-21(17-23(22)33-26)32-25(31)20-9-7-19(8-10-20)24(30)18-5-3-2-4-6-18/h2-12,17H,13-16H2,1H3. The third-order valence-corrected chi connectivity index (χ3v) is 6.83. The molecule has 0 bridgehead atoms. The van der Waals surface area contributed by atoms with Gasteiger partial charge in [0.2, 0.25) is 0 Å². The minimum Gasteiger partial charge on any atom is -0.423 e. The lowest BCUT2D eigenvalue weighted by atomic mass is 10.0. The van der Waals surface area contributed by atoms with E-state index in [1.807, 2.05) is 30.3 Å². The largest absolute Gasteiger partial charge is 0.423 e. The Balaban J connectivity index is 1.28. The van der Waals surface area contributed by atoms with Gasteiger partial charge < -0.3 is 14.5 Å². The topological polar surface area (TPSA) is 62.7 Å². The van der Waals surface area contributed by atoms with E-state index in [1.54, 1.807) is 53.8 Å². The highest BCUT2D eigenvalue weighted by molar-refractivity contribution is 7.22. The van der Waals surface area contributed by atoms with Gasteiger partial charge in [-0.2, -0.15) is 0 Å². The first kappa shape index (κ1) is 21.3. The first-order valence-corrected chi connectivity index (χ1v) is 11.6. The lowest BCUT2D eigenvalue weighted by Crippen LogP contribution is -2.44. The van der Waals surface area contributed by atoms with Gasteiger partial charge in [0.05, 0.1) is 15.8 Å². The third-order valence-electron chi connectivity index (χ3n) is 5.75. The van der Waals surface area contributed by atoms with Gasteiger partial charge in [-0.15, -0.1) is 0 Å². The molecule has 1 aromatic heterocycles. The van der Waals surface area contributed by atoms with Crippen molar-refractivity contribution < 1.29 is 14.3 Å². The molecule has 1 aliphatic rings. The van der Waals surface area contributed by atoms with Crippen molar-refractivity contribution in [1.29, 1.82) is 0 Å². The number of hydrogen-bond donors (Lipinski definition) is 0. The van der Waals surface area contributed by atoms with E-state index >= 15 is 0 Å². The number of likely N-dealkylation sites (N-methyl/N-ethyl adjacent to an activating group) is 1. The van der Waals surface area contributed by atoms with Crippen LogP contribution in [0.5, 0.6) is 5.75 Å². The quantitative estimate of drug-likeness (QED) is 0.250. The molecule has 0 atom stereocenters. The second-order valence-electron chi connectivity index (χ2n) is 8.08. The Bertz CT molecular complexity index is 1290. The fourth-order valence-electron chi connectivity index (χ4n) is 3.77. The molecule has 3 aromatic carbocycles. The Morgan fingerprint density at radius 1 is 0.848 bits per heavy atom. The first-order chi connectivity index (χ1) is 16.1. The molecule has 33 heavy (non-hydrogen) atoms. The number of ketones is 1. The van der Waals surface area contributed by atoms with Crippen LogP contribution in [-0.2, 0) is 0 Å². The summed E-state index contributed by atoms with van der Waals surface area (Å²) >= 11 is 1.61. The van der Waals surface area contributed by atoms with Crippen LogP contribution in [-0.4, -0.2) is 54.9 Å². The van der Waals surface area contributed by atoms with Crippen molar-refractivity contribution >= 4 is 38.4 Å². The van der Waals surface area contributed by atoms with Crippen LogP contribution in [0.15, 0.2) is 72.8 Å². The Kier molecular flexibility index (Phi) is 5.90. The van der Waals surface area contributed by atoms with Crippen LogP contribution in [0.25, 0.3) is 10.2 Å². The van der Waals surface area contributed by atoms with E-state index in [0.717, 1.165) is 41.5 Å². The number of benzene rings is 3. The van der Waals surface area contributed by atoms with E-state index in [4.69, 9.17) is 9.72 Å². The van der Waals surface area contributed by atoms with Gasteiger partial charge >= 0.3 is 5.97 Å². The Morgan fingerprint density at radius 2 is 1.52 bits per heavy atom. The predicted octanol–water partition coefficient (Wildman–Crippen LogP) is 4.50. The average molecular weight is 458 g/mol. The van der Waals surface area contributed by atoms with Crippen LogP contribution in [0.2, 0.25) is 0 Å². The number of fused-ring (bicyclic) bond motifs is 1. The molecule has 0 amide bonds. The van der Waals surface area contributed by atoms with Crippen molar-refractivity contribution in [2.24, 2.45) is 0 Å². The number of anilines is 1. The van der Waals surface area contributed by atoms with E-state index in [1.165, 1.54) is 0 Å². The second kappa shape index (κ2) is 9.13. The van der Waals surface area contributed by atoms with E-state index in [2.05, 4.69) is 16.8 Å². The smallest absolute Gasteiger partial charge is 0.343 e. The molecule has 0 saturated carbocycles. The van der Waals surface area contributed by atoms with Crippen LogP contribution in [0.3, 0.4) is 0 Å². The Labute approximate surface area is 196 Å². The highest BCUT2D eigenvalue weighted by Gasteiger charge is 2.18. The molecule has 0 unspecified atom stereocenters. The summed E-state index contributed by atoms with van der Waals surface area (Å²) in [6.07, 6.45) is 0. The van der Waals surface area contributed by atoms with Crippen LogP contribution in [0.4, 0.5) is 5.13 Å². The van der Waals surface area contributed by atoms with Gasteiger partial charge in [0.1, 0.15) is 5.75 Å². The maximum absolute atomic E-state index is 12.7. The molecule has 1 fully saturated rings. The molecule has 0 spiro atoms. The molecule has 1 aliphatic heterocycles. The molecular weight excluding hydrogens is 434 g/mol. The van der Waals surface area contributed by atoms with Gasteiger partial charge in [0, 0.05) is 43.4 Å². The molecular formula is C26H23N3O3S. The van der Waals surface area contributed by atoms with Crippen molar-refractivity contribution in [2.75, 3.05) is 38.1 Å². The fraction of sp³-hybridized carbons (Fsp3) is 0.192. The van der Waals surface area contributed by atoms with Gasteiger partial charge in [0.15, 0.2) is 10.9 Å². The summed E-state index contributed by atoms with van der Waals surface area (Å²) in [5.74, 6) is -0.0651. The van der Waals surface area contributed by atoms with Crippen molar-refractivity contribution in [1.82, 2.24) is 9.88 Å². The molecule has 2 heterocycles. The molecule has 0 radical (unpaired) electrons. The molecule has 1 saturated heterocycles. The van der Waals surface area contributed by atoms with E-state index < -0.39 is 5.97 Å². The minimum absolute atomic E-state index is 0.0812. The fourth-order valence-corrected chi connectivity index (χ4v) is 4.81. The zero-order chi connectivity index (χ0) is 22.8. The van der Waals surface area contributed by atoms with Crippen LogP contribution >= 0.6 is 11.3 Å². The van der Waals surface area contributed by atoms with Crippen LogP contribution in [0, 0.1) is 0 Å². The number of thiazole rings is 1. The SMILES string of the molecule is CN1CCN(c2nc3ccc(OC(=O)c4ccc(C(=O)c5ccccc5)cc4)cc3s2)CC1. The number of aromatic nitrogens is 1. The first-order valence-electron chi connectivity index (χ1n) is 10.8. The van der Waals surface area contributed by atoms with E-state index in [9.17, 15) is 9.59 Å².